The van der Waals surface area contributed by atoms with Gasteiger partial charge >= 0.3 is 6.09 Å². The number of sulfonamides is 1. The van der Waals surface area contributed by atoms with Crippen molar-refractivity contribution in [3.8, 4) is 5.75 Å². The number of alkyl halides is 2. The largest absolute Gasteiger partial charge is 0.483 e. The van der Waals surface area contributed by atoms with Crippen LogP contribution in [-0.2, 0) is 35.1 Å². The maximum absolute atomic E-state index is 16.6. The minimum atomic E-state index is -4.07. The minimum Gasteiger partial charge on any atom is -0.483 e. The SMILES string of the molecule is Cc1nc2ccccc2c2c1O[C@@]1(C[C@H]3C(=O)N[C@]4(C(=O)NS(=O)(=O)C5(C)CC5)C[C@@H]4/C=C\CCCCC[C@H](NC(=O)OC(C)(C)C)C(=O)N3C1)CC2(F)F. The van der Waals surface area contributed by atoms with Crippen LogP contribution in [-0.4, -0.2) is 82.2 Å². The van der Waals surface area contributed by atoms with Crippen LogP contribution >= 0.6 is 0 Å². The van der Waals surface area contributed by atoms with E-state index >= 15 is 8.78 Å². The number of nitrogens with one attached hydrogen (secondary N) is 3. The van der Waals surface area contributed by atoms with Gasteiger partial charge in [0, 0.05) is 17.7 Å². The average Bonchev–Trinajstić information content (AvgIpc) is 3.97. The molecule has 55 heavy (non-hydrogen) atoms. The van der Waals surface area contributed by atoms with Crippen molar-refractivity contribution in [1.29, 1.82) is 0 Å². The number of halogens is 2. The Labute approximate surface area is 319 Å². The van der Waals surface area contributed by atoms with Gasteiger partial charge in [0.25, 0.3) is 11.8 Å². The minimum absolute atomic E-state index is 0.0990. The van der Waals surface area contributed by atoms with Crippen molar-refractivity contribution in [2.75, 3.05) is 6.54 Å². The van der Waals surface area contributed by atoms with Crippen LogP contribution < -0.4 is 20.1 Å². The van der Waals surface area contributed by atoms with Crippen molar-refractivity contribution >= 4 is 44.7 Å². The van der Waals surface area contributed by atoms with Gasteiger partial charge in [0.05, 0.1) is 34.5 Å². The van der Waals surface area contributed by atoms with E-state index in [9.17, 15) is 27.6 Å². The van der Waals surface area contributed by atoms with Gasteiger partial charge in [0.15, 0.2) is 5.75 Å². The van der Waals surface area contributed by atoms with Gasteiger partial charge in [-0.25, -0.2) is 27.0 Å². The van der Waals surface area contributed by atoms with Gasteiger partial charge < -0.3 is 25.0 Å². The highest BCUT2D eigenvalue weighted by Crippen LogP contribution is 2.54. The molecular formula is C39H49F2N5O8S. The first-order chi connectivity index (χ1) is 25.7. The fraction of sp³-hybridized carbons (Fsp3) is 0.615. The van der Waals surface area contributed by atoms with Crippen molar-refractivity contribution in [3.05, 3.63) is 47.7 Å². The van der Waals surface area contributed by atoms with Crippen LogP contribution in [0.4, 0.5) is 13.6 Å². The van der Waals surface area contributed by atoms with Crippen LogP contribution in [0.3, 0.4) is 0 Å². The number of hydrogen-bond acceptors (Lipinski definition) is 9. The lowest BCUT2D eigenvalue weighted by Gasteiger charge is -2.40. The number of fused-ring (bicyclic) bond motifs is 5. The highest BCUT2D eigenvalue weighted by Gasteiger charge is 2.65. The first kappa shape index (κ1) is 38.9. The van der Waals surface area contributed by atoms with E-state index in [1.807, 2.05) is 6.08 Å². The number of ether oxygens (including phenoxy) is 2. The van der Waals surface area contributed by atoms with Crippen molar-refractivity contribution in [3.63, 3.8) is 0 Å². The Morgan fingerprint density at radius 2 is 1.82 bits per heavy atom. The number of pyridine rings is 1. The molecule has 0 radical (unpaired) electrons. The van der Waals surface area contributed by atoms with Crippen molar-refractivity contribution in [1.82, 2.24) is 25.2 Å². The molecule has 0 bridgehead atoms. The second-order valence-electron chi connectivity index (χ2n) is 17.2. The molecule has 298 valence electrons. The highest BCUT2D eigenvalue weighted by molar-refractivity contribution is 7.91. The normalized spacial score (nSPS) is 30.7. The number of aromatic nitrogens is 1. The molecule has 2 saturated carbocycles. The topological polar surface area (TPSA) is 173 Å². The molecule has 1 saturated heterocycles. The summed E-state index contributed by atoms with van der Waals surface area (Å²) >= 11 is 0. The Balaban J connectivity index is 1.27. The van der Waals surface area contributed by atoms with Crippen LogP contribution in [0, 0.1) is 12.8 Å². The maximum Gasteiger partial charge on any atom is 0.408 e. The van der Waals surface area contributed by atoms with E-state index in [0.29, 0.717) is 44.0 Å². The summed E-state index contributed by atoms with van der Waals surface area (Å²) in [6.07, 6.45) is 5.16. The molecule has 5 aliphatic rings. The molecule has 5 atom stereocenters. The number of aryl methyl sites for hydroxylation is 1. The number of nitrogens with zero attached hydrogens (tertiary/aromatic N) is 2. The predicted molar refractivity (Wildman–Crippen MR) is 198 cm³/mol. The molecule has 0 unspecified atom stereocenters. The number of hydrogen-bond donors (Lipinski definition) is 3. The fourth-order valence-corrected chi connectivity index (χ4v) is 9.50. The lowest BCUT2D eigenvalue weighted by Crippen LogP contribution is -2.58. The molecule has 3 fully saturated rings. The molecule has 4 amide bonds. The summed E-state index contributed by atoms with van der Waals surface area (Å²) in [6.45, 7) is 7.69. The van der Waals surface area contributed by atoms with E-state index in [1.165, 1.54) is 0 Å². The number of allylic oxidation sites excluding steroid dienone is 1. The third-order valence-corrected chi connectivity index (χ3v) is 13.7. The van der Waals surface area contributed by atoms with Gasteiger partial charge in [-0.05, 0) is 79.2 Å². The number of carbonyl (C=O) groups is 4. The average molecular weight is 786 g/mol. The number of amides is 4. The molecule has 3 N–H and O–H groups in total. The van der Waals surface area contributed by atoms with Crippen molar-refractivity contribution < 1.29 is 45.9 Å². The lowest BCUT2D eigenvalue weighted by atomic mass is 9.84. The summed E-state index contributed by atoms with van der Waals surface area (Å²) in [6, 6.07) is 3.91. The fourth-order valence-electron chi connectivity index (χ4n) is 8.19. The summed E-state index contributed by atoms with van der Waals surface area (Å²) in [4.78, 5) is 61.8. The molecule has 4 heterocycles. The number of rotatable bonds is 4. The van der Waals surface area contributed by atoms with Gasteiger partial charge in [-0.1, -0.05) is 43.2 Å². The standard InChI is InChI=1S/C39H49F2N5O8S/c1-23-30-29(25-14-11-12-15-26(25)42-23)39(40,41)21-37(53-30)20-28-31(47)44-38(33(49)45-55(51,52)36(5)17-18-36)19-24(38)13-9-7-6-8-10-16-27(32(48)46(28)22-37)43-34(50)54-35(2,3)4/h9,11-15,24,27-28H,6-8,10,16-22H2,1-5H3,(H,43,50)(H,44,47)(H,45,49)/b13-9-/t24-,27-,28-,37-,38+/m0/s1. The van der Waals surface area contributed by atoms with E-state index in [1.54, 1.807) is 65.0 Å². The second-order valence-corrected chi connectivity index (χ2v) is 19.4. The van der Waals surface area contributed by atoms with E-state index in [4.69, 9.17) is 9.47 Å². The Morgan fingerprint density at radius 1 is 1.09 bits per heavy atom. The molecular weight excluding hydrogens is 737 g/mol. The molecule has 3 aliphatic heterocycles. The summed E-state index contributed by atoms with van der Waals surface area (Å²) < 4.78 is 72.6. The summed E-state index contributed by atoms with van der Waals surface area (Å²) in [5.74, 6) is -6.57. The summed E-state index contributed by atoms with van der Waals surface area (Å²) in [5, 5.41) is 5.66. The number of benzene rings is 1. The third-order valence-electron chi connectivity index (χ3n) is 11.5. The van der Waals surface area contributed by atoms with Crippen LogP contribution in [0.5, 0.6) is 5.75 Å². The molecule has 16 heteroatoms. The monoisotopic (exact) mass is 785 g/mol. The predicted octanol–water partition coefficient (Wildman–Crippen LogP) is 5.04. The highest BCUT2D eigenvalue weighted by atomic mass is 32.2. The summed E-state index contributed by atoms with van der Waals surface area (Å²) in [7, 11) is -4.07. The zero-order valence-electron chi connectivity index (χ0n) is 31.8. The van der Waals surface area contributed by atoms with Gasteiger partial charge in [-0.3, -0.25) is 19.1 Å². The zero-order valence-corrected chi connectivity index (χ0v) is 32.6. The Bertz CT molecular complexity index is 2080. The van der Waals surface area contributed by atoms with Gasteiger partial charge in [0.2, 0.25) is 21.8 Å². The zero-order chi connectivity index (χ0) is 39.8. The summed E-state index contributed by atoms with van der Waals surface area (Å²) in [5.41, 5.74) is -4.05. The van der Waals surface area contributed by atoms with Gasteiger partial charge in [0.1, 0.15) is 28.8 Å². The van der Waals surface area contributed by atoms with Crippen molar-refractivity contribution in [2.24, 2.45) is 5.92 Å². The second kappa shape index (κ2) is 13.4. The Kier molecular flexibility index (Phi) is 9.48. The van der Waals surface area contributed by atoms with Crippen LogP contribution in [0.1, 0.15) is 103 Å². The van der Waals surface area contributed by atoms with Gasteiger partial charge in [-0.15, -0.1) is 0 Å². The Hall–Kier alpha value is -4.34. The Morgan fingerprint density at radius 3 is 2.53 bits per heavy atom. The first-order valence-electron chi connectivity index (χ1n) is 19.0. The van der Waals surface area contributed by atoms with E-state index in [0.717, 1.165) is 4.90 Å². The quantitative estimate of drug-likeness (QED) is 0.359. The molecule has 2 aliphatic carbocycles. The van der Waals surface area contributed by atoms with Crippen LogP contribution in [0.2, 0.25) is 0 Å². The molecule has 1 aromatic heterocycles. The molecule has 1 spiro atoms. The van der Waals surface area contributed by atoms with E-state index in [2.05, 4.69) is 20.3 Å². The number of alkyl carbamates (subject to hydrolysis) is 1. The smallest absolute Gasteiger partial charge is 0.408 e. The van der Waals surface area contributed by atoms with Crippen LogP contribution in [0.15, 0.2) is 36.4 Å². The first-order valence-corrected chi connectivity index (χ1v) is 20.5. The maximum atomic E-state index is 16.6. The van der Waals surface area contributed by atoms with Crippen molar-refractivity contribution in [2.45, 2.75) is 138 Å². The van der Waals surface area contributed by atoms with Gasteiger partial charge in [-0.2, -0.15) is 0 Å². The molecule has 7 rings (SSSR count). The molecule has 2 aromatic rings. The molecule has 1 aromatic carbocycles. The number of para-hydroxylation sites is 1. The lowest BCUT2D eigenvalue weighted by molar-refractivity contribution is -0.141. The van der Waals surface area contributed by atoms with Crippen LogP contribution in [0.25, 0.3) is 10.9 Å². The van der Waals surface area contributed by atoms with E-state index in [-0.39, 0.29) is 41.7 Å². The number of carbonyl (C=O) groups excluding carboxylic acids is 4. The van der Waals surface area contributed by atoms with E-state index < -0.39 is 92.2 Å². The third kappa shape index (κ3) is 7.38. The molecule has 13 nitrogen and oxygen atoms in total.